The van der Waals surface area contributed by atoms with E-state index in [-0.39, 0.29) is 17.7 Å². The zero-order valence-electron chi connectivity index (χ0n) is 12.0. The molecule has 0 radical (unpaired) electrons. The van der Waals surface area contributed by atoms with Crippen molar-refractivity contribution in [3.05, 3.63) is 65.7 Å². The van der Waals surface area contributed by atoms with Crippen molar-refractivity contribution in [1.82, 2.24) is 10.6 Å². The lowest BCUT2D eigenvalue weighted by Gasteiger charge is -2.20. The fourth-order valence-electron chi connectivity index (χ4n) is 2.20. The molecule has 2 aromatic rings. The van der Waals surface area contributed by atoms with E-state index in [0.29, 0.717) is 13.0 Å². The Kier molecular flexibility index (Phi) is 5.35. The van der Waals surface area contributed by atoms with E-state index in [1.54, 1.807) is 19.2 Å². The number of phenols is 1. The van der Waals surface area contributed by atoms with Gasteiger partial charge in [-0.1, -0.05) is 42.5 Å². The minimum atomic E-state index is -0.00328. The van der Waals surface area contributed by atoms with Crippen LogP contribution in [0.1, 0.15) is 23.6 Å². The fourth-order valence-corrected chi connectivity index (χ4v) is 2.20. The van der Waals surface area contributed by atoms with Gasteiger partial charge in [-0.15, -0.1) is 0 Å². The first-order valence-electron chi connectivity index (χ1n) is 6.98. The zero-order valence-corrected chi connectivity index (χ0v) is 12.0. The van der Waals surface area contributed by atoms with Crippen LogP contribution < -0.4 is 10.6 Å². The lowest BCUT2D eigenvalue weighted by molar-refractivity contribution is -0.120. The number of carbonyl (C=O) groups is 1. The van der Waals surface area contributed by atoms with Crippen molar-refractivity contribution in [2.45, 2.75) is 12.5 Å². The van der Waals surface area contributed by atoms with Crippen molar-refractivity contribution < 1.29 is 9.90 Å². The van der Waals surface area contributed by atoms with Crippen LogP contribution in [0.15, 0.2) is 54.6 Å². The molecular formula is C17H20N2O2. The Hall–Kier alpha value is -2.33. The number of amides is 1. The van der Waals surface area contributed by atoms with Gasteiger partial charge in [0.25, 0.3) is 0 Å². The molecule has 110 valence electrons. The quantitative estimate of drug-likeness (QED) is 0.762. The van der Waals surface area contributed by atoms with E-state index < -0.39 is 0 Å². The summed E-state index contributed by atoms with van der Waals surface area (Å²) in [6.45, 7) is 0.583. The van der Waals surface area contributed by atoms with Gasteiger partial charge >= 0.3 is 0 Å². The Morgan fingerprint density at radius 3 is 2.29 bits per heavy atom. The molecule has 0 fully saturated rings. The van der Waals surface area contributed by atoms with Gasteiger partial charge in [0.1, 0.15) is 5.75 Å². The van der Waals surface area contributed by atoms with Gasteiger partial charge in [0, 0.05) is 20.0 Å². The average Bonchev–Trinajstić information content (AvgIpc) is 2.53. The van der Waals surface area contributed by atoms with Crippen molar-refractivity contribution in [3.8, 4) is 5.75 Å². The maximum absolute atomic E-state index is 11.3. The Labute approximate surface area is 124 Å². The molecule has 4 heteroatoms. The second-order valence-corrected chi connectivity index (χ2v) is 4.81. The molecule has 0 saturated heterocycles. The van der Waals surface area contributed by atoms with E-state index in [2.05, 4.69) is 10.6 Å². The van der Waals surface area contributed by atoms with Gasteiger partial charge in [0.2, 0.25) is 5.91 Å². The van der Waals surface area contributed by atoms with Crippen LogP contribution in [-0.4, -0.2) is 24.6 Å². The predicted molar refractivity (Wildman–Crippen MR) is 83.1 cm³/mol. The van der Waals surface area contributed by atoms with Crippen molar-refractivity contribution in [2.75, 3.05) is 13.6 Å². The molecule has 2 aromatic carbocycles. The van der Waals surface area contributed by atoms with Crippen LogP contribution in [0.3, 0.4) is 0 Å². The van der Waals surface area contributed by atoms with Gasteiger partial charge in [-0.2, -0.15) is 0 Å². The predicted octanol–water partition coefficient (Wildman–Crippen LogP) is 2.21. The van der Waals surface area contributed by atoms with Crippen LogP contribution in [0.4, 0.5) is 0 Å². The summed E-state index contributed by atoms with van der Waals surface area (Å²) in [6.07, 6.45) is 0.428. The summed E-state index contributed by atoms with van der Waals surface area (Å²) in [5.41, 5.74) is 2.18. The molecule has 0 spiro atoms. The largest absolute Gasteiger partial charge is 0.508 e. The summed E-state index contributed by atoms with van der Waals surface area (Å²) < 4.78 is 0. The molecule has 2 rings (SSSR count). The van der Waals surface area contributed by atoms with E-state index >= 15 is 0 Å². The number of benzene rings is 2. The SMILES string of the molecule is CNC(=O)CCNC(c1ccccc1)c1ccc(O)cc1. The lowest BCUT2D eigenvalue weighted by Crippen LogP contribution is -2.28. The molecule has 21 heavy (non-hydrogen) atoms. The van der Waals surface area contributed by atoms with Crippen molar-refractivity contribution in [3.63, 3.8) is 0 Å². The van der Waals surface area contributed by atoms with Crippen molar-refractivity contribution >= 4 is 5.91 Å². The molecule has 4 nitrogen and oxygen atoms in total. The van der Waals surface area contributed by atoms with Gasteiger partial charge in [-0.3, -0.25) is 4.79 Å². The lowest BCUT2D eigenvalue weighted by atomic mass is 9.98. The maximum atomic E-state index is 11.3. The summed E-state index contributed by atoms with van der Waals surface area (Å²) in [5, 5.41) is 15.4. The second-order valence-electron chi connectivity index (χ2n) is 4.81. The Morgan fingerprint density at radius 1 is 1.05 bits per heavy atom. The molecule has 0 aliphatic heterocycles. The Balaban J connectivity index is 2.15. The molecule has 0 heterocycles. The van der Waals surface area contributed by atoms with Crippen LogP contribution in [0.2, 0.25) is 0 Å². The molecule has 0 aliphatic carbocycles. The second kappa shape index (κ2) is 7.45. The van der Waals surface area contributed by atoms with Crippen LogP contribution in [0.25, 0.3) is 0 Å². The summed E-state index contributed by atoms with van der Waals surface area (Å²) in [6, 6.07) is 17.2. The van der Waals surface area contributed by atoms with Gasteiger partial charge < -0.3 is 15.7 Å². The number of hydrogen-bond acceptors (Lipinski definition) is 3. The summed E-state index contributed by atoms with van der Waals surface area (Å²) in [7, 11) is 1.64. The molecule has 1 amide bonds. The molecule has 3 N–H and O–H groups in total. The monoisotopic (exact) mass is 284 g/mol. The van der Waals surface area contributed by atoms with Gasteiger partial charge in [0.15, 0.2) is 0 Å². The molecule has 0 saturated carbocycles. The van der Waals surface area contributed by atoms with E-state index in [1.165, 1.54) is 0 Å². The normalized spacial score (nSPS) is 11.9. The first-order chi connectivity index (χ1) is 10.2. The van der Waals surface area contributed by atoms with Crippen molar-refractivity contribution in [2.24, 2.45) is 0 Å². The summed E-state index contributed by atoms with van der Waals surface area (Å²) in [4.78, 5) is 11.3. The van der Waals surface area contributed by atoms with E-state index in [4.69, 9.17) is 0 Å². The van der Waals surface area contributed by atoms with E-state index in [1.807, 2.05) is 42.5 Å². The number of rotatable bonds is 6. The first-order valence-corrected chi connectivity index (χ1v) is 6.98. The highest BCUT2D eigenvalue weighted by Crippen LogP contribution is 2.23. The third kappa shape index (κ3) is 4.33. The highest BCUT2D eigenvalue weighted by atomic mass is 16.3. The van der Waals surface area contributed by atoms with Gasteiger partial charge in [-0.25, -0.2) is 0 Å². The number of nitrogens with one attached hydrogen (secondary N) is 2. The standard InChI is InChI=1S/C17H20N2O2/c1-18-16(21)11-12-19-17(13-5-3-2-4-6-13)14-7-9-15(20)10-8-14/h2-10,17,19-20H,11-12H2,1H3,(H,18,21). The number of phenolic OH excluding ortho intramolecular Hbond substituents is 1. The number of carbonyl (C=O) groups excluding carboxylic acids is 1. The molecule has 1 atom stereocenters. The van der Waals surface area contributed by atoms with Gasteiger partial charge in [0.05, 0.1) is 6.04 Å². The Bertz CT molecular complexity index is 567. The minimum Gasteiger partial charge on any atom is -0.508 e. The molecular weight excluding hydrogens is 264 g/mol. The van der Waals surface area contributed by atoms with Crippen molar-refractivity contribution in [1.29, 1.82) is 0 Å². The topological polar surface area (TPSA) is 61.4 Å². The van der Waals surface area contributed by atoms with E-state index in [0.717, 1.165) is 11.1 Å². The average molecular weight is 284 g/mol. The third-order valence-corrected chi connectivity index (χ3v) is 3.34. The molecule has 1 unspecified atom stereocenters. The molecule has 0 bridgehead atoms. The van der Waals surface area contributed by atoms with Gasteiger partial charge in [-0.05, 0) is 23.3 Å². The fraction of sp³-hybridized carbons (Fsp3) is 0.235. The highest BCUT2D eigenvalue weighted by Gasteiger charge is 2.13. The summed E-state index contributed by atoms with van der Waals surface area (Å²) in [5.74, 6) is 0.260. The maximum Gasteiger partial charge on any atom is 0.221 e. The number of aromatic hydroxyl groups is 1. The Morgan fingerprint density at radius 2 is 1.67 bits per heavy atom. The molecule has 0 aromatic heterocycles. The van der Waals surface area contributed by atoms with E-state index in [9.17, 15) is 9.90 Å². The van der Waals surface area contributed by atoms with Crippen LogP contribution in [0, 0.1) is 0 Å². The summed E-state index contributed by atoms with van der Waals surface area (Å²) >= 11 is 0. The molecule has 0 aliphatic rings. The van der Waals surface area contributed by atoms with Crippen LogP contribution in [0.5, 0.6) is 5.75 Å². The van der Waals surface area contributed by atoms with Crippen LogP contribution in [-0.2, 0) is 4.79 Å². The first kappa shape index (κ1) is 15.1. The number of hydrogen-bond donors (Lipinski definition) is 3. The van der Waals surface area contributed by atoms with Crippen LogP contribution >= 0.6 is 0 Å². The minimum absolute atomic E-state index is 0.00328. The smallest absolute Gasteiger partial charge is 0.221 e. The zero-order chi connectivity index (χ0) is 15.1. The third-order valence-electron chi connectivity index (χ3n) is 3.34. The highest BCUT2D eigenvalue weighted by molar-refractivity contribution is 5.75.